The van der Waals surface area contributed by atoms with E-state index in [2.05, 4.69) is 5.32 Å². The van der Waals surface area contributed by atoms with Gasteiger partial charge in [-0.05, 0) is 42.4 Å². The number of rotatable bonds is 6. The normalized spacial score (nSPS) is 12.5. The first kappa shape index (κ1) is 17.9. The second-order valence-corrected chi connectivity index (χ2v) is 6.72. The summed E-state index contributed by atoms with van der Waals surface area (Å²) in [6, 6.07) is 11.0. The summed E-state index contributed by atoms with van der Waals surface area (Å²) in [6.45, 7) is 1.51. The lowest BCUT2D eigenvalue weighted by atomic mass is 10.2. The number of carbonyl (C=O) groups excluding carboxylic acids is 1. The zero-order chi connectivity index (χ0) is 17.8. The average molecular weight is 381 g/mol. The van der Waals surface area contributed by atoms with Gasteiger partial charge in [0.2, 0.25) is 12.7 Å². The van der Waals surface area contributed by atoms with E-state index < -0.39 is 0 Å². The molecule has 0 atom stereocenters. The summed E-state index contributed by atoms with van der Waals surface area (Å²) in [4.78, 5) is 14.0. The van der Waals surface area contributed by atoms with Crippen molar-refractivity contribution in [3.05, 3.63) is 57.6 Å². The highest BCUT2D eigenvalue weighted by Crippen LogP contribution is 2.32. The molecule has 5 nitrogen and oxygen atoms in total. The SMILES string of the molecule is CN(CC(=O)NCc1ccc2c(c1)OCO2)Cc1ccc(Cl)cc1Cl. The molecule has 1 amide bonds. The summed E-state index contributed by atoms with van der Waals surface area (Å²) in [5, 5.41) is 4.09. The van der Waals surface area contributed by atoms with E-state index in [0.29, 0.717) is 28.9 Å². The number of amides is 1. The highest BCUT2D eigenvalue weighted by atomic mass is 35.5. The maximum absolute atomic E-state index is 12.1. The Hall–Kier alpha value is -1.95. The van der Waals surface area contributed by atoms with Crippen LogP contribution in [0.15, 0.2) is 36.4 Å². The summed E-state index contributed by atoms with van der Waals surface area (Å²) in [6.07, 6.45) is 0. The minimum Gasteiger partial charge on any atom is -0.454 e. The maximum atomic E-state index is 12.1. The molecule has 132 valence electrons. The standard InChI is InChI=1S/C18H18Cl2N2O3/c1-22(9-13-3-4-14(19)7-15(13)20)10-18(23)21-8-12-2-5-16-17(6-12)25-11-24-16/h2-7H,8-11H2,1H3,(H,21,23). The largest absolute Gasteiger partial charge is 0.454 e. The van der Waals surface area contributed by atoms with Crippen molar-refractivity contribution in [1.29, 1.82) is 0 Å². The van der Waals surface area contributed by atoms with Crippen LogP contribution in [0.3, 0.4) is 0 Å². The van der Waals surface area contributed by atoms with Crippen molar-refractivity contribution in [2.45, 2.75) is 13.1 Å². The number of nitrogens with one attached hydrogen (secondary N) is 1. The molecule has 0 saturated carbocycles. The monoisotopic (exact) mass is 380 g/mol. The van der Waals surface area contributed by atoms with Crippen LogP contribution in [-0.4, -0.2) is 31.2 Å². The Morgan fingerprint density at radius 1 is 1.16 bits per heavy atom. The van der Waals surface area contributed by atoms with Crippen molar-refractivity contribution in [1.82, 2.24) is 10.2 Å². The number of halogens is 2. The van der Waals surface area contributed by atoms with Crippen LogP contribution in [0.1, 0.15) is 11.1 Å². The average Bonchev–Trinajstić information content (AvgIpc) is 3.03. The predicted octanol–water partition coefficient (Wildman–Crippen LogP) is 3.47. The van der Waals surface area contributed by atoms with E-state index in [9.17, 15) is 4.79 Å². The van der Waals surface area contributed by atoms with E-state index in [-0.39, 0.29) is 19.2 Å². The Balaban J connectivity index is 1.48. The smallest absolute Gasteiger partial charge is 0.234 e. The second kappa shape index (κ2) is 7.95. The fraction of sp³-hybridized carbons (Fsp3) is 0.278. The maximum Gasteiger partial charge on any atom is 0.234 e. The Bertz CT molecular complexity index is 783. The van der Waals surface area contributed by atoms with Gasteiger partial charge in [-0.3, -0.25) is 9.69 Å². The van der Waals surface area contributed by atoms with Gasteiger partial charge < -0.3 is 14.8 Å². The summed E-state index contributed by atoms with van der Waals surface area (Å²) < 4.78 is 10.6. The van der Waals surface area contributed by atoms with Gasteiger partial charge in [0.25, 0.3) is 0 Å². The zero-order valence-corrected chi connectivity index (χ0v) is 15.2. The minimum absolute atomic E-state index is 0.0646. The molecule has 1 aliphatic heterocycles. The fourth-order valence-corrected chi connectivity index (χ4v) is 3.02. The van der Waals surface area contributed by atoms with Gasteiger partial charge in [-0.25, -0.2) is 0 Å². The summed E-state index contributed by atoms with van der Waals surface area (Å²) in [5.41, 5.74) is 1.89. The number of nitrogens with zero attached hydrogens (tertiary/aromatic N) is 1. The van der Waals surface area contributed by atoms with Crippen molar-refractivity contribution in [2.75, 3.05) is 20.4 Å². The van der Waals surface area contributed by atoms with Crippen LogP contribution in [0.2, 0.25) is 10.0 Å². The number of hydrogen-bond donors (Lipinski definition) is 1. The molecule has 0 fully saturated rings. The van der Waals surface area contributed by atoms with Gasteiger partial charge in [-0.15, -0.1) is 0 Å². The van der Waals surface area contributed by atoms with Gasteiger partial charge >= 0.3 is 0 Å². The van der Waals surface area contributed by atoms with Crippen LogP contribution in [0.4, 0.5) is 0 Å². The van der Waals surface area contributed by atoms with E-state index in [0.717, 1.165) is 16.9 Å². The van der Waals surface area contributed by atoms with E-state index in [1.807, 2.05) is 36.2 Å². The highest BCUT2D eigenvalue weighted by molar-refractivity contribution is 6.35. The molecule has 2 aromatic rings. The first-order valence-electron chi connectivity index (χ1n) is 7.79. The molecule has 2 aromatic carbocycles. The van der Waals surface area contributed by atoms with E-state index in [1.54, 1.807) is 12.1 Å². The molecule has 1 N–H and O–H groups in total. The molecular weight excluding hydrogens is 363 g/mol. The number of benzene rings is 2. The molecular formula is C18H18Cl2N2O3. The third kappa shape index (κ3) is 4.78. The van der Waals surface area contributed by atoms with Crippen molar-refractivity contribution < 1.29 is 14.3 Å². The molecule has 0 bridgehead atoms. The predicted molar refractivity (Wildman–Crippen MR) is 97.2 cm³/mol. The molecule has 0 radical (unpaired) electrons. The van der Waals surface area contributed by atoms with Crippen LogP contribution >= 0.6 is 23.2 Å². The second-order valence-electron chi connectivity index (χ2n) is 5.87. The quantitative estimate of drug-likeness (QED) is 0.833. The van der Waals surface area contributed by atoms with Crippen molar-refractivity contribution >= 4 is 29.1 Å². The topological polar surface area (TPSA) is 50.8 Å². The van der Waals surface area contributed by atoms with Gasteiger partial charge in [0.15, 0.2) is 11.5 Å². The highest BCUT2D eigenvalue weighted by Gasteiger charge is 2.14. The lowest BCUT2D eigenvalue weighted by molar-refractivity contribution is -0.122. The molecule has 0 spiro atoms. The first-order valence-corrected chi connectivity index (χ1v) is 8.54. The minimum atomic E-state index is -0.0646. The summed E-state index contributed by atoms with van der Waals surface area (Å²) in [5.74, 6) is 1.38. The Morgan fingerprint density at radius 3 is 2.76 bits per heavy atom. The molecule has 1 heterocycles. The summed E-state index contributed by atoms with van der Waals surface area (Å²) in [7, 11) is 1.87. The molecule has 0 aliphatic carbocycles. The Kier molecular flexibility index (Phi) is 5.68. The van der Waals surface area contributed by atoms with Crippen molar-refractivity contribution in [2.24, 2.45) is 0 Å². The van der Waals surface area contributed by atoms with E-state index in [1.165, 1.54) is 0 Å². The zero-order valence-electron chi connectivity index (χ0n) is 13.7. The first-order chi connectivity index (χ1) is 12.0. The van der Waals surface area contributed by atoms with Gasteiger partial charge in [0.1, 0.15) is 0 Å². The van der Waals surface area contributed by atoms with Crippen LogP contribution in [-0.2, 0) is 17.9 Å². The number of hydrogen-bond acceptors (Lipinski definition) is 4. The fourth-order valence-electron chi connectivity index (χ4n) is 2.55. The molecule has 0 unspecified atom stereocenters. The number of carbonyl (C=O) groups is 1. The number of fused-ring (bicyclic) bond motifs is 1. The van der Waals surface area contributed by atoms with E-state index in [4.69, 9.17) is 32.7 Å². The van der Waals surface area contributed by atoms with Crippen molar-refractivity contribution in [3.63, 3.8) is 0 Å². The van der Waals surface area contributed by atoms with Gasteiger partial charge in [0.05, 0.1) is 6.54 Å². The van der Waals surface area contributed by atoms with Gasteiger partial charge in [0, 0.05) is 23.1 Å². The summed E-state index contributed by atoms with van der Waals surface area (Å²) >= 11 is 12.1. The van der Waals surface area contributed by atoms with Gasteiger partial charge in [-0.1, -0.05) is 35.3 Å². The molecule has 3 rings (SSSR count). The lowest BCUT2D eigenvalue weighted by Gasteiger charge is -2.17. The molecule has 0 aromatic heterocycles. The van der Waals surface area contributed by atoms with Crippen molar-refractivity contribution in [3.8, 4) is 11.5 Å². The van der Waals surface area contributed by atoms with E-state index >= 15 is 0 Å². The van der Waals surface area contributed by atoms with Crippen LogP contribution < -0.4 is 14.8 Å². The Morgan fingerprint density at radius 2 is 1.96 bits per heavy atom. The third-order valence-corrected chi connectivity index (χ3v) is 4.38. The number of ether oxygens (including phenoxy) is 2. The molecule has 25 heavy (non-hydrogen) atoms. The lowest BCUT2D eigenvalue weighted by Crippen LogP contribution is -2.34. The molecule has 0 saturated heterocycles. The third-order valence-electron chi connectivity index (χ3n) is 3.80. The number of likely N-dealkylation sites (N-methyl/N-ethyl adjacent to an activating group) is 1. The van der Waals surface area contributed by atoms with Gasteiger partial charge in [-0.2, -0.15) is 0 Å². The molecule has 1 aliphatic rings. The van der Waals surface area contributed by atoms with Crippen LogP contribution in [0.25, 0.3) is 0 Å². The Labute approximate surface area is 156 Å². The van der Waals surface area contributed by atoms with Crippen LogP contribution in [0, 0.1) is 0 Å². The molecule has 7 heteroatoms. The van der Waals surface area contributed by atoms with Crippen LogP contribution in [0.5, 0.6) is 11.5 Å².